The SMILES string of the molecule is C[C@@H](Cn1cncn1)c1ncnn1C1Cc2ccccc2C1. The molecule has 0 fully saturated rings. The summed E-state index contributed by atoms with van der Waals surface area (Å²) in [5.74, 6) is 1.27. The first kappa shape index (κ1) is 13.2. The van der Waals surface area contributed by atoms with Crippen molar-refractivity contribution in [1.29, 1.82) is 0 Å². The fourth-order valence-corrected chi connectivity index (χ4v) is 3.29. The fraction of sp³-hybridized carbons (Fsp3) is 0.375. The molecule has 4 rings (SSSR count). The minimum atomic E-state index is 0.243. The van der Waals surface area contributed by atoms with Crippen LogP contribution in [0.3, 0.4) is 0 Å². The molecule has 1 aliphatic rings. The Kier molecular flexibility index (Phi) is 3.21. The number of hydrogen-bond acceptors (Lipinski definition) is 4. The summed E-state index contributed by atoms with van der Waals surface area (Å²) in [6.07, 6.45) is 7.02. The van der Waals surface area contributed by atoms with Crippen molar-refractivity contribution in [2.24, 2.45) is 0 Å². The van der Waals surface area contributed by atoms with Gasteiger partial charge in [0.15, 0.2) is 0 Å². The van der Waals surface area contributed by atoms with Crippen LogP contribution in [0.5, 0.6) is 0 Å². The quantitative estimate of drug-likeness (QED) is 0.738. The van der Waals surface area contributed by atoms with Gasteiger partial charge in [0.2, 0.25) is 0 Å². The van der Waals surface area contributed by atoms with Crippen LogP contribution in [0.15, 0.2) is 43.2 Å². The van der Waals surface area contributed by atoms with E-state index in [4.69, 9.17) is 0 Å². The highest BCUT2D eigenvalue weighted by molar-refractivity contribution is 5.32. The summed E-state index contributed by atoms with van der Waals surface area (Å²) in [7, 11) is 0. The maximum atomic E-state index is 4.49. The van der Waals surface area contributed by atoms with Gasteiger partial charge in [0.25, 0.3) is 0 Å². The Balaban J connectivity index is 1.56. The Morgan fingerprint density at radius 1 is 1.14 bits per heavy atom. The first-order valence-electron chi connectivity index (χ1n) is 7.60. The van der Waals surface area contributed by atoms with Crippen LogP contribution in [0, 0.1) is 0 Å². The molecule has 6 heteroatoms. The van der Waals surface area contributed by atoms with Gasteiger partial charge >= 0.3 is 0 Å². The Labute approximate surface area is 128 Å². The van der Waals surface area contributed by atoms with E-state index in [-0.39, 0.29) is 5.92 Å². The van der Waals surface area contributed by atoms with E-state index >= 15 is 0 Å². The summed E-state index contributed by atoms with van der Waals surface area (Å²) < 4.78 is 3.94. The highest BCUT2D eigenvalue weighted by atomic mass is 15.4. The van der Waals surface area contributed by atoms with Crippen molar-refractivity contribution in [3.8, 4) is 0 Å². The molecule has 0 bridgehead atoms. The van der Waals surface area contributed by atoms with Crippen molar-refractivity contribution in [3.05, 3.63) is 60.2 Å². The van der Waals surface area contributed by atoms with E-state index in [2.05, 4.69) is 56.0 Å². The molecule has 0 spiro atoms. The molecule has 0 radical (unpaired) electrons. The molecular weight excluding hydrogens is 276 g/mol. The monoisotopic (exact) mass is 294 g/mol. The Morgan fingerprint density at radius 3 is 2.59 bits per heavy atom. The third kappa shape index (κ3) is 2.30. The summed E-state index contributed by atoms with van der Waals surface area (Å²) in [5, 5.41) is 8.67. The molecule has 0 saturated carbocycles. The zero-order valence-electron chi connectivity index (χ0n) is 12.5. The number of rotatable bonds is 4. The predicted octanol–water partition coefficient (Wildman–Crippen LogP) is 2.01. The minimum absolute atomic E-state index is 0.243. The van der Waals surface area contributed by atoms with Crippen molar-refractivity contribution in [2.75, 3.05) is 0 Å². The third-order valence-corrected chi connectivity index (χ3v) is 4.34. The van der Waals surface area contributed by atoms with Gasteiger partial charge in [-0.25, -0.2) is 14.6 Å². The lowest BCUT2D eigenvalue weighted by Gasteiger charge is -2.17. The van der Waals surface area contributed by atoms with E-state index in [0.29, 0.717) is 6.04 Å². The van der Waals surface area contributed by atoms with Gasteiger partial charge < -0.3 is 0 Å². The van der Waals surface area contributed by atoms with Crippen molar-refractivity contribution in [1.82, 2.24) is 29.5 Å². The van der Waals surface area contributed by atoms with E-state index in [1.807, 2.05) is 4.68 Å². The van der Waals surface area contributed by atoms with Gasteiger partial charge in [-0.05, 0) is 24.0 Å². The second kappa shape index (κ2) is 5.36. The summed E-state index contributed by atoms with van der Waals surface area (Å²) in [5.41, 5.74) is 2.86. The molecular formula is C16H18N6. The molecule has 3 aromatic rings. The predicted molar refractivity (Wildman–Crippen MR) is 81.3 cm³/mol. The van der Waals surface area contributed by atoms with E-state index in [0.717, 1.165) is 25.2 Å². The van der Waals surface area contributed by atoms with Gasteiger partial charge in [-0.2, -0.15) is 10.2 Å². The Morgan fingerprint density at radius 2 is 1.91 bits per heavy atom. The zero-order valence-corrected chi connectivity index (χ0v) is 12.5. The number of fused-ring (bicyclic) bond motifs is 1. The average molecular weight is 294 g/mol. The van der Waals surface area contributed by atoms with E-state index in [9.17, 15) is 0 Å². The van der Waals surface area contributed by atoms with Crippen LogP contribution in [0.2, 0.25) is 0 Å². The Bertz CT molecular complexity index is 736. The van der Waals surface area contributed by atoms with Crippen molar-refractivity contribution in [3.63, 3.8) is 0 Å². The van der Waals surface area contributed by atoms with Crippen LogP contribution in [0.1, 0.15) is 35.8 Å². The zero-order chi connectivity index (χ0) is 14.9. The molecule has 1 aliphatic carbocycles. The lowest BCUT2D eigenvalue weighted by Crippen LogP contribution is -2.18. The molecule has 0 aliphatic heterocycles. The standard InChI is InChI=1S/C16H18N6/c1-12(8-21-11-17-9-19-21)16-18-10-20-22(16)15-6-13-4-2-3-5-14(13)7-15/h2-5,9-12,15H,6-8H2,1H3/t12-/m0/s1. The van der Waals surface area contributed by atoms with E-state index in [1.165, 1.54) is 11.1 Å². The first-order valence-corrected chi connectivity index (χ1v) is 7.60. The molecule has 1 aromatic carbocycles. The summed E-state index contributed by atoms with van der Waals surface area (Å²) in [4.78, 5) is 8.49. The van der Waals surface area contributed by atoms with Crippen LogP contribution >= 0.6 is 0 Å². The van der Waals surface area contributed by atoms with Crippen LogP contribution in [0.4, 0.5) is 0 Å². The normalized spacial score (nSPS) is 15.9. The van der Waals surface area contributed by atoms with Crippen LogP contribution < -0.4 is 0 Å². The minimum Gasteiger partial charge on any atom is -0.252 e. The molecule has 22 heavy (non-hydrogen) atoms. The van der Waals surface area contributed by atoms with Gasteiger partial charge in [0, 0.05) is 5.92 Å². The largest absolute Gasteiger partial charge is 0.252 e. The topological polar surface area (TPSA) is 61.4 Å². The maximum absolute atomic E-state index is 4.49. The summed E-state index contributed by atoms with van der Waals surface area (Å²) >= 11 is 0. The van der Waals surface area contributed by atoms with Crippen molar-refractivity contribution < 1.29 is 0 Å². The molecule has 2 heterocycles. The number of benzene rings is 1. The third-order valence-electron chi connectivity index (χ3n) is 4.34. The lowest BCUT2D eigenvalue weighted by atomic mass is 10.1. The molecule has 0 N–H and O–H groups in total. The highest BCUT2D eigenvalue weighted by Gasteiger charge is 2.26. The van der Waals surface area contributed by atoms with E-state index < -0.39 is 0 Å². The molecule has 0 amide bonds. The van der Waals surface area contributed by atoms with Gasteiger partial charge in [-0.3, -0.25) is 4.68 Å². The molecule has 112 valence electrons. The maximum Gasteiger partial charge on any atom is 0.138 e. The van der Waals surface area contributed by atoms with Crippen LogP contribution in [-0.4, -0.2) is 29.5 Å². The second-order valence-corrected chi connectivity index (χ2v) is 5.91. The van der Waals surface area contributed by atoms with Crippen molar-refractivity contribution >= 4 is 0 Å². The van der Waals surface area contributed by atoms with Crippen LogP contribution in [0.25, 0.3) is 0 Å². The lowest BCUT2D eigenvalue weighted by molar-refractivity contribution is 0.421. The molecule has 0 unspecified atom stereocenters. The summed E-state index contributed by atoms with van der Waals surface area (Å²) in [6, 6.07) is 9.01. The average Bonchev–Trinajstić information content (AvgIpc) is 3.26. The highest BCUT2D eigenvalue weighted by Crippen LogP contribution is 2.31. The number of nitrogens with zero attached hydrogens (tertiary/aromatic N) is 6. The van der Waals surface area contributed by atoms with Crippen molar-refractivity contribution in [2.45, 2.75) is 38.3 Å². The van der Waals surface area contributed by atoms with Crippen LogP contribution in [-0.2, 0) is 19.4 Å². The van der Waals surface area contributed by atoms with Gasteiger partial charge in [0.05, 0.1) is 12.6 Å². The van der Waals surface area contributed by atoms with E-state index in [1.54, 1.807) is 19.0 Å². The molecule has 0 saturated heterocycles. The van der Waals surface area contributed by atoms with Gasteiger partial charge in [0.1, 0.15) is 24.8 Å². The fourth-order valence-electron chi connectivity index (χ4n) is 3.29. The van der Waals surface area contributed by atoms with Gasteiger partial charge in [-0.1, -0.05) is 31.2 Å². The number of hydrogen-bond donors (Lipinski definition) is 0. The number of aromatic nitrogens is 6. The smallest absolute Gasteiger partial charge is 0.138 e. The Hall–Kier alpha value is -2.50. The second-order valence-electron chi connectivity index (χ2n) is 5.91. The molecule has 2 aromatic heterocycles. The molecule has 1 atom stereocenters. The van der Waals surface area contributed by atoms with Gasteiger partial charge in [-0.15, -0.1) is 0 Å². The summed E-state index contributed by atoms with van der Waals surface area (Å²) in [6.45, 7) is 2.92. The first-order chi connectivity index (χ1) is 10.8. The molecule has 6 nitrogen and oxygen atoms in total.